The number of Topliss-reactive ketones (excluding diaryl/α,β-unsaturated/α-hetero) is 1. The molecule has 0 aliphatic heterocycles. The van der Waals surface area contributed by atoms with Gasteiger partial charge in [-0.25, -0.2) is 0 Å². The topological polar surface area (TPSA) is 42.9 Å². The van der Waals surface area contributed by atoms with E-state index in [1.165, 1.54) is 0 Å². The third-order valence-electron chi connectivity index (χ3n) is 3.29. The molecule has 98 valence electrons. The number of hydrogen-bond donors (Lipinski definition) is 0. The first-order chi connectivity index (χ1) is 9.74. The third-order valence-corrected chi connectivity index (χ3v) is 3.29. The van der Waals surface area contributed by atoms with Crippen LogP contribution in [-0.2, 0) is 6.42 Å². The molecule has 1 aromatic carbocycles. The lowest BCUT2D eigenvalue weighted by Gasteiger charge is -2.05. The molecule has 3 rings (SSSR count). The fourth-order valence-corrected chi connectivity index (χ4v) is 2.29. The third kappa shape index (κ3) is 2.43. The van der Waals surface area contributed by atoms with Crippen LogP contribution in [0.5, 0.6) is 0 Å². The van der Waals surface area contributed by atoms with E-state index in [2.05, 4.69) is 9.97 Å². The largest absolute Gasteiger partial charge is 0.294 e. The van der Waals surface area contributed by atoms with Crippen LogP contribution >= 0.6 is 0 Å². The van der Waals surface area contributed by atoms with Crippen molar-refractivity contribution in [3.8, 4) is 0 Å². The lowest BCUT2D eigenvalue weighted by atomic mass is 10.0. The van der Waals surface area contributed by atoms with Crippen LogP contribution < -0.4 is 0 Å². The number of aromatic nitrogens is 2. The van der Waals surface area contributed by atoms with Crippen molar-refractivity contribution in [1.82, 2.24) is 9.97 Å². The Kier molecular flexibility index (Phi) is 3.25. The van der Waals surface area contributed by atoms with E-state index < -0.39 is 0 Å². The Morgan fingerprint density at radius 3 is 2.85 bits per heavy atom. The van der Waals surface area contributed by atoms with Crippen LogP contribution in [0.4, 0.5) is 0 Å². The molecule has 0 saturated heterocycles. The SMILES string of the molecule is Cc1cncc(C(=O)Cc2ccnc3ccccc23)c1. The van der Waals surface area contributed by atoms with Gasteiger partial charge < -0.3 is 0 Å². The fourth-order valence-electron chi connectivity index (χ4n) is 2.29. The predicted octanol–water partition coefficient (Wildman–Crippen LogP) is 3.36. The van der Waals surface area contributed by atoms with E-state index in [1.54, 1.807) is 18.6 Å². The van der Waals surface area contributed by atoms with Gasteiger partial charge in [-0.3, -0.25) is 14.8 Å². The maximum Gasteiger partial charge on any atom is 0.168 e. The summed E-state index contributed by atoms with van der Waals surface area (Å²) in [5.41, 5.74) is 3.57. The zero-order valence-corrected chi connectivity index (χ0v) is 11.2. The lowest BCUT2D eigenvalue weighted by molar-refractivity contribution is 0.0993. The first-order valence-corrected chi connectivity index (χ1v) is 6.51. The van der Waals surface area contributed by atoms with Crippen molar-refractivity contribution < 1.29 is 4.79 Å². The van der Waals surface area contributed by atoms with Crippen molar-refractivity contribution in [3.63, 3.8) is 0 Å². The molecule has 0 spiro atoms. The molecule has 0 amide bonds. The summed E-state index contributed by atoms with van der Waals surface area (Å²) in [6.45, 7) is 1.94. The van der Waals surface area contributed by atoms with Crippen molar-refractivity contribution in [2.24, 2.45) is 0 Å². The van der Waals surface area contributed by atoms with Crippen molar-refractivity contribution in [3.05, 3.63) is 71.7 Å². The van der Waals surface area contributed by atoms with E-state index in [0.29, 0.717) is 12.0 Å². The van der Waals surface area contributed by atoms with E-state index in [4.69, 9.17) is 0 Å². The highest BCUT2D eigenvalue weighted by Gasteiger charge is 2.10. The van der Waals surface area contributed by atoms with Crippen molar-refractivity contribution in [1.29, 1.82) is 0 Å². The molecule has 2 aromatic heterocycles. The zero-order valence-electron chi connectivity index (χ0n) is 11.2. The van der Waals surface area contributed by atoms with Crippen LogP contribution in [0.3, 0.4) is 0 Å². The first-order valence-electron chi connectivity index (χ1n) is 6.51. The zero-order chi connectivity index (χ0) is 13.9. The highest BCUT2D eigenvalue weighted by molar-refractivity contribution is 5.99. The summed E-state index contributed by atoms with van der Waals surface area (Å²) >= 11 is 0. The van der Waals surface area contributed by atoms with Gasteiger partial charge in [0.05, 0.1) is 5.52 Å². The lowest BCUT2D eigenvalue weighted by Crippen LogP contribution is -2.05. The number of rotatable bonds is 3. The number of carbonyl (C=O) groups excluding carboxylic acids is 1. The minimum atomic E-state index is 0.0811. The van der Waals surface area contributed by atoms with Crippen LogP contribution in [0, 0.1) is 6.92 Å². The van der Waals surface area contributed by atoms with Gasteiger partial charge >= 0.3 is 0 Å². The monoisotopic (exact) mass is 262 g/mol. The van der Waals surface area contributed by atoms with Crippen LogP contribution in [0.25, 0.3) is 10.9 Å². The molecule has 3 nitrogen and oxygen atoms in total. The second-order valence-corrected chi connectivity index (χ2v) is 4.84. The molecule has 0 atom stereocenters. The van der Waals surface area contributed by atoms with Gasteiger partial charge in [-0.2, -0.15) is 0 Å². The van der Waals surface area contributed by atoms with Gasteiger partial charge in [-0.15, -0.1) is 0 Å². The molecule has 0 fully saturated rings. The summed E-state index contributed by atoms with van der Waals surface area (Å²) < 4.78 is 0. The Morgan fingerprint density at radius 2 is 2.00 bits per heavy atom. The number of carbonyl (C=O) groups is 1. The van der Waals surface area contributed by atoms with Crippen LogP contribution in [0.1, 0.15) is 21.5 Å². The molecule has 0 aliphatic rings. The Labute approximate surface area is 117 Å². The van der Waals surface area contributed by atoms with E-state index in [9.17, 15) is 4.79 Å². The molecule has 0 radical (unpaired) electrons. The van der Waals surface area contributed by atoms with Gasteiger partial charge in [0.2, 0.25) is 0 Å². The molecule has 3 aromatic rings. The van der Waals surface area contributed by atoms with Crippen molar-refractivity contribution in [2.45, 2.75) is 13.3 Å². The normalized spacial score (nSPS) is 10.7. The average molecular weight is 262 g/mol. The fraction of sp³-hybridized carbons (Fsp3) is 0.118. The van der Waals surface area contributed by atoms with Crippen LogP contribution in [-0.4, -0.2) is 15.8 Å². The molecule has 0 N–H and O–H groups in total. The van der Waals surface area contributed by atoms with Gasteiger partial charge in [0.1, 0.15) is 0 Å². The molecular formula is C17H14N2O. The summed E-state index contributed by atoms with van der Waals surface area (Å²) in [7, 11) is 0. The maximum atomic E-state index is 12.3. The molecular weight excluding hydrogens is 248 g/mol. The maximum absolute atomic E-state index is 12.3. The van der Waals surface area contributed by atoms with Crippen molar-refractivity contribution in [2.75, 3.05) is 0 Å². The molecule has 0 bridgehead atoms. The Morgan fingerprint density at radius 1 is 1.15 bits per heavy atom. The summed E-state index contributed by atoms with van der Waals surface area (Å²) in [6.07, 6.45) is 5.49. The predicted molar refractivity (Wildman–Crippen MR) is 78.8 cm³/mol. The van der Waals surface area contributed by atoms with Crippen molar-refractivity contribution >= 4 is 16.7 Å². The molecule has 20 heavy (non-hydrogen) atoms. The van der Waals surface area contributed by atoms with Gasteiger partial charge in [-0.05, 0) is 36.2 Å². The van der Waals surface area contributed by atoms with Gasteiger partial charge in [0.15, 0.2) is 5.78 Å². The summed E-state index contributed by atoms with van der Waals surface area (Å²) in [6, 6.07) is 11.6. The number of fused-ring (bicyclic) bond motifs is 1. The molecule has 2 heterocycles. The van der Waals surface area contributed by atoms with E-state index in [0.717, 1.165) is 22.0 Å². The van der Waals surface area contributed by atoms with Gasteiger partial charge in [0, 0.05) is 36.0 Å². The summed E-state index contributed by atoms with van der Waals surface area (Å²) in [5, 5.41) is 1.03. The van der Waals surface area contributed by atoms with E-state index in [1.807, 2.05) is 43.3 Å². The number of aryl methyl sites for hydroxylation is 1. The van der Waals surface area contributed by atoms with Gasteiger partial charge in [-0.1, -0.05) is 18.2 Å². The number of pyridine rings is 2. The quantitative estimate of drug-likeness (QED) is 0.680. The Balaban J connectivity index is 1.95. The highest BCUT2D eigenvalue weighted by atomic mass is 16.1. The summed E-state index contributed by atoms with van der Waals surface area (Å²) in [4.78, 5) is 20.7. The van der Waals surface area contributed by atoms with Gasteiger partial charge in [0.25, 0.3) is 0 Å². The summed E-state index contributed by atoms with van der Waals surface area (Å²) in [5.74, 6) is 0.0811. The number of para-hydroxylation sites is 1. The smallest absolute Gasteiger partial charge is 0.168 e. The molecule has 0 unspecified atom stereocenters. The van der Waals surface area contributed by atoms with Crippen LogP contribution in [0.15, 0.2) is 55.0 Å². The molecule has 0 aliphatic carbocycles. The Hall–Kier alpha value is -2.55. The number of hydrogen-bond acceptors (Lipinski definition) is 3. The molecule has 0 saturated carbocycles. The standard InChI is InChI=1S/C17H14N2O/c1-12-8-14(11-18-10-12)17(20)9-13-6-7-19-16-5-3-2-4-15(13)16/h2-8,10-11H,9H2,1H3. The second kappa shape index (κ2) is 5.21. The second-order valence-electron chi connectivity index (χ2n) is 4.84. The Bertz CT molecular complexity index is 775. The van der Waals surface area contributed by atoms with E-state index >= 15 is 0 Å². The van der Waals surface area contributed by atoms with Crippen LogP contribution in [0.2, 0.25) is 0 Å². The minimum Gasteiger partial charge on any atom is -0.294 e. The minimum absolute atomic E-state index is 0.0811. The first kappa shape index (κ1) is 12.5. The average Bonchev–Trinajstić information content (AvgIpc) is 2.47. The molecule has 3 heteroatoms. The number of ketones is 1. The highest BCUT2D eigenvalue weighted by Crippen LogP contribution is 2.18. The number of nitrogens with zero attached hydrogens (tertiary/aromatic N) is 2. The number of benzene rings is 1. The van der Waals surface area contributed by atoms with E-state index in [-0.39, 0.29) is 5.78 Å².